The lowest BCUT2D eigenvalue weighted by atomic mass is 10.1. The van der Waals surface area contributed by atoms with E-state index in [9.17, 15) is 4.79 Å². The molecule has 0 saturated carbocycles. The summed E-state index contributed by atoms with van der Waals surface area (Å²) in [4.78, 5) is 25.7. The number of H-pyrrole nitrogens is 2. The number of hydrogen-bond acceptors (Lipinski definition) is 4. The average Bonchev–Trinajstić information content (AvgIpc) is 3.02. The minimum atomic E-state index is -0.210. The second-order valence-corrected chi connectivity index (χ2v) is 5.91. The third-order valence-electron chi connectivity index (χ3n) is 4.15. The molecule has 124 valence electrons. The number of aromatic nitrogens is 4. The number of imidazole rings is 1. The first-order chi connectivity index (χ1) is 12.2. The Morgan fingerprint density at radius 1 is 0.920 bits per heavy atom. The fourth-order valence-electron chi connectivity index (χ4n) is 2.78. The van der Waals surface area contributed by atoms with E-state index in [1.54, 1.807) is 12.4 Å². The van der Waals surface area contributed by atoms with Gasteiger partial charge in [0.25, 0.3) is 0 Å². The van der Waals surface area contributed by atoms with Crippen molar-refractivity contribution >= 4 is 17.0 Å². The van der Waals surface area contributed by atoms with Gasteiger partial charge in [-0.1, -0.05) is 36.4 Å². The Bertz CT molecular complexity index is 1050. The van der Waals surface area contributed by atoms with Gasteiger partial charge >= 0.3 is 5.69 Å². The Morgan fingerprint density at radius 3 is 2.40 bits per heavy atom. The van der Waals surface area contributed by atoms with Gasteiger partial charge in [0.15, 0.2) is 0 Å². The molecule has 6 nitrogen and oxygen atoms in total. The van der Waals surface area contributed by atoms with E-state index in [0.717, 1.165) is 22.2 Å². The standard InChI is InChI=1S/C19H17N5O/c1-12(13-5-3-2-4-6-13)22-18-20-10-15(11-21-18)14-7-8-16-17(9-14)24-19(25)23-16/h2-12H,1H3,(H,20,21,22)(H2,23,24,25)/t12-/m0/s1. The van der Waals surface area contributed by atoms with Crippen molar-refractivity contribution < 1.29 is 0 Å². The van der Waals surface area contributed by atoms with Crippen molar-refractivity contribution in [3.63, 3.8) is 0 Å². The third kappa shape index (κ3) is 3.14. The number of nitrogens with zero attached hydrogens (tertiary/aromatic N) is 2. The van der Waals surface area contributed by atoms with E-state index in [0.29, 0.717) is 5.95 Å². The Kier molecular flexibility index (Phi) is 3.78. The summed E-state index contributed by atoms with van der Waals surface area (Å²) in [5.74, 6) is 0.580. The lowest BCUT2D eigenvalue weighted by Crippen LogP contribution is -2.09. The highest BCUT2D eigenvalue weighted by Crippen LogP contribution is 2.22. The van der Waals surface area contributed by atoms with Crippen LogP contribution in [-0.2, 0) is 0 Å². The van der Waals surface area contributed by atoms with E-state index in [1.807, 2.05) is 36.4 Å². The molecule has 4 aromatic rings. The molecule has 6 heteroatoms. The largest absolute Gasteiger partial charge is 0.348 e. The number of rotatable bonds is 4. The topological polar surface area (TPSA) is 86.5 Å². The normalized spacial score (nSPS) is 12.2. The second kappa shape index (κ2) is 6.24. The van der Waals surface area contributed by atoms with E-state index >= 15 is 0 Å². The van der Waals surface area contributed by atoms with Gasteiger partial charge in [-0.2, -0.15) is 0 Å². The Morgan fingerprint density at radius 2 is 1.64 bits per heavy atom. The van der Waals surface area contributed by atoms with Gasteiger partial charge in [-0.25, -0.2) is 14.8 Å². The lowest BCUT2D eigenvalue weighted by molar-refractivity contribution is 0.861. The molecular formula is C19H17N5O. The van der Waals surface area contributed by atoms with Crippen LogP contribution in [0.15, 0.2) is 65.7 Å². The van der Waals surface area contributed by atoms with Crippen molar-refractivity contribution in [2.45, 2.75) is 13.0 Å². The lowest BCUT2D eigenvalue weighted by Gasteiger charge is -2.14. The van der Waals surface area contributed by atoms with Gasteiger partial charge in [-0.05, 0) is 30.2 Å². The molecule has 0 amide bonds. The van der Waals surface area contributed by atoms with Crippen molar-refractivity contribution in [2.24, 2.45) is 0 Å². The summed E-state index contributed by atoms with van der Waals surface area (Å²) in [5.41, 5.74) is 4.36. The van der Waals surface area contributed by atoms with Crippen LogP contribution < -0.4 is 11.0 Å². The summed E-state index contributed by atoms with van der Waals surface area (Å²) >= 11 is 0. The quantitative estimate of drug-likeness (QED) is 0.534. The van der Waals surface area contributed by atoms with Crippen LogP contribution in [0.3, 0.4) is 0 Å². The molecule has 0 aliphatic rings. The fourth-order valence-corrected chi connectivity index (χ4v) is 2.78. The minimum Gasteiger partial charge on any atom is -0.348 e. The molecule has 0 aliphatic heterocycles. The molecule has 0 spiro atoms. The molecule has 0 fully saturated rings. The average molecular weight is 331 g/mol. The summed E-state index contributed by atoms with van der Waals surface area (Å²) in [6.45, 7) is 2.07. The SMILES string of the molecule is C[C@H](Nc1ncc(-c2ccc3[nH]c(=O)[nH]c3c2)cn1)c1ccccc1. The number of fused-ring (bicyclic) bond motifs is 1. The maximum atomic E-state index is 11.4. The first-order valence-electron chi connectivity index (χ1n) is 8.05. The van der Waals surface area contributed by atoms with Gasteiger partial charge in [0.05, 0.1) is 17.1 Å². The van der Waals surface area contributed by atoms with Crippen LogP contribution in [0.1, 0.15) is 18.5 Å². The zero-order valence-electron chi connectivity index (χ0n) is 13.7. The molecule has 25 heavy (non-hydrogen) atoms. The van der Waals surface area contributed by atoms with Crippen LogP contribution in [0.2, 0.25) is 0 Å². The van der Waals surface area contributed by atoms with Gasteiger partial charge in [-0.3, -0.25) is 0 Å². The maximum absolute atomic E-state index is 11.4. The Labute approximate surface area is 144 Å². The zero-order valence-corrected chi connectivity index (χ0v) is 13.7. The van der Waals surface area contributed by atoms with Crippen molar-refractivity contribution in [3.8, 4) is 11.1 Å². The number of benzene rings is 2. The molecule has 0 bridgehead atoms. The number of nitrogens with one attached hydrogen (secondary N) is 3. The van der Waals surface area contributed by atoms with Crippen LogP contribution in [0.5, 0.6) is 0 Å². The van der Waals surface area contributed by atoms with Gasteiger partial charge in [0.1, 0.15) is 0 Å². The van der Waals surface area contributed by atoms with Gasteiger partial charge in [0.2, 0.25) is 5.95 Å². The van der Waals surface area contributed by atoms with E-state index in [-0.39, 0.29) is 11.7 Å². The molecule has 0 radical (unpaired) electrons. The summed E-state index contributed by atoms with van der Waals surface area (Å²) in [5, 5.41) is 3.30. The highest BCUT2D eigenvalue weighted by atomic mass is 16.1. The van der Waals surface area contributed by atoms with Gasteiger partial charge in [-0.15, -0.1) is 0 Å². The molecule has 4 rings (SSSR count). The predicted octanol–water partition coefficient (Wildman–Crippen LogP) is 3.49. The van der Waals surface area contributed by atoms with E-state index in [1.165, 1.54) is 5.56 Å². The molecular weight excluding hydrogens is 314 g/mol. The fraction of sp³-hybridized carbons (Fsp3) is 0.105. The molecule has 0 unspecified atom stereocenters. The van der Waals surface area contributed by atoms with Crippen molar-refractivity contribution in [1.82, 2.24) is 19.9 Å². The summed E-state index contributed by atoms with van der Waals surface area (Å²) in [7, 11) is 0. The van der Waals surface area contributed by atoms with E-state index < -0.39 is 0 Å². The summed E-state index contributed by atoms with van der Waals surface area (Å²) in [6.07, 6.45) is 3.55. The second-order valence-electron chi connectivity index (χ2n) is 5.91. The Hall–Kier alpha value is -3.41. The molecule has 2 heterocycles. The van der Waals surface area contributed by atoms with Crippen LogP contribution in [0.25, 0.3) is 22.2 Å². The van der Waals surface area contributed by atoms with Gasteiger partial charge < -0.3 is 15.3 Å². The molecule has 2 aromatic heterocycles. The number of anilines is 1. The molecule has 0 saturated heterocycles. The molecule has 1 atom stereocenters. The van der Waals surface area contributed by atoms with Crippen LogP contribution in [0, 0.1) is 0 Å². The first-order valence-corrected chi connectivity index (χ1v) is 8.05. The van der Waals surface area contributed by atoms with Crippen LogP contribution in [-0.4, -0.2) is 19.9 Å². The minimum absolute atomic E-state index is 0.119. The van der Waals surface area contributed by atoms with Crippen LogP contribution >= 0.6 is 0 Å². The van der Waals surface area contributed by atoms with Crippen molar-refractivity contribution in [2.75, 3.05) is 5.32 Å². The Balaban J connectivity index is 1.55. The smallest absolute Gasteiger partial charge is 0.323 e. The number of aromatic amines is 2. The van der Waals surface area contributed by atoms with Crippen molar-refractivity contribution in [3.05, 3.63) is 77.0 Å². The maximum Gasteiger partial charge on any atom is 0.323 e. The first kappa shape index (κ1) is 15.1. The zero-order chi connectivity index (χ0) is 17.2. The highest BCUT2D eigenvalue weighted by molar-refractivity contribution is 5.81. The number of hydrogen-bond donors (Lipinski definition) is 3. The van der Waals surface area contributed by atoms with E-state index in [4.69, 9.17) is 0 Å². The third-order valence-corrected chi connectivity index (χ3v) is 4.15. The monoisotopic (exact) mass is 331 g/mol. The molecule has 3 N–H and O–H groups in total. The van der Waals surface area contributed by atoms with Gasteiger partial charge in [0, 0.05) is 18.0 Å². The van der Waals surface area contributed by atoms with E-state index in [2.05, 4.69) is 44.3 Å². The van der Waals surface area contributed by atoms with Crippen molar-refractivity contribution in [1.29, 1.82) is 0 Å². The van der Waals surface area contributed by atoms with Crippen LogP contribution in [0.4, 0.5) is 5.95 Å². The molecule has 0 aliphatic carbocycles. The highest BCUT2D eigenvalue weighted by Gasteiger charge is 2.07. The summed E-state index contributed by atoms with van der Waals surface area (Å²) < 4.78 is 0. The predicted molar refractivity (Wildman–Crippen MR) is 98.4 cm³/mol. The summed E-state index contributed by atoms with van der Waals surface area (Å²) in [6, 6.07) is 16.0. The molecule has 2 aromatic carbocycles.